The van der Waals surface area contributed by atoms with Crippen molar-refractivity contribution in [3.8, 4) is 0 Å². The Kier molecular flexibility index (Phi) is 2.07. The molecule has 0 aromatic heterocycles. The first-order valence-electron chi connectivity index (χ1n) is 4.54. The minimum Gasteiger partial charge on any atom is -0.369 e. The van der Waals surface area contributed by atoms with Crippen LogP contribution in [-0.4, -0.2) is 16.6 Å². The topological polar surface area (TPSA) is 23.5 Å². The van der Waals surface area contributed by atoms with Gasteiger partial charge in [0.1, 0.15) is 0 Å². The van der Waals surface area contributed by atoms with E-state index in [0.717, 1.165) is 17.7 Å². The van der Waals surface area contributed by atoms with Gasteiger partial charge in [0, 0.05) is 18.3 Å². The number of hydrogen-bond donors (Lipinski definition) is 1. The first kappa shape index (κ1) is 8.32. The van der Waals surface area contributed by atoms with E-state index in [0.29, 0.717) is 0 Å². The number of hydrogen-bond acceptors (Lipinski definition) is 2. The van der Waals surface area contributed by atoms with Crippen molar-refractivity contribution in [3.63, 3.8) is 0 Å². The Balaban J connectivity index is 2.42. The molecule has 0 saturated carbocycles. The molecule has 1 heterocycles. The van der Waals surface area contributed by atoms with E-state index in [-0.39, 0.29) is 0 Å². The van der Waals surface area contributed by atoms with E-state index in [1.807, 2.05) is 48.4 Å². The van der Waals surface area contributed by atoms with E-state index in [1.165, 1.54) is 0 Å². The Labute approximate surface area is 78.1 Å². The van der Waals surface area contributed by atoms with Crippen molar-refractivity contribution < 1.29 is 5.11 Å². The number of benzene rings is 1. The van der Waals surface area contributed by atoms with Crippen LogP contribution in [0.1, 0.15) is 24.3 Å². The molecule has 2 rings (SSSR count). The van der Waals surface area contributed by atoms with Crippen molar-refractivity contribution in [2.24, 2.45) is 0 Å². The van der Waals surface area contributed by atoms with Crippen molar-refractivity contribution in [1.29, 1.82) is 0 Å². The SMILES string of the molecule is CCN1C=Cc2ccccc2C1O. The Bertz CT molecular complexity index is 333. The first-order valence-corrected chi connectivity index (χ1v) is 4.54. The number of nitrogens with zero attached hydrogens (tertiary/aromatic N) is 1. The highest BCUT2D eigenvalue weighted by molar-refractivity contribution is 5.56. The third-order valence-corrected chi connectivity index (χ3v) is 2.40. The van der Waals surface area contributed by atoms with Crippen LogP contribution in [-0.2, 0) is 0 Å². The number of rotatable bonds is 1. The molecule has 1 atom stereocenters. The summed E-state index contributed by atoms with van der Waals surface area (Å²) in [6.07, 6.45) is 3.49. The molecule has 68 valence electrons. The predicted molar refractivity (Wildman–Crippen MR) is 52.8 cm³/mol. The molecule has 0 saturated heterocycles. The Morgan fingerprint density at radius 3 is 2.92 bits per heavy atom. The normalized spacial score (nSPS) is 20.2. The third-order valence-electron chi connectivity index (χ3n) is 2.40. The van der Waals surface area contributed by atoms with E-state index >= 15 is 0 Å². The first-order chi connectivity index (χ1) is 6.33. The van der Waals surface area contributed by atoms with Crippen LogP contribution in [0.2, 0.25) is 0 Å². The third kappa shape index (κ3) is 1.33. The van der Waals surface area contributed by atoms with Crippen LogP contribution < -0.4 is 0 Å². The zero-order valence-corrected chi connectivity index (χ0v) is 7.64. The molecule has 1 aromatic rings. The summed E-state index contributed by atoms with van der Waals surface area (Å²) in [5.74, 6) is 0. The van der Waals surface area contributed by atoms with Crippen LogP contribution in [0.15, 0.2) is 30.5 Å². The molecule has 1 N–H and O–H groups in total. The largest absolute Gasteiger partial charge is 0.369 e. The van der Waals surface area contributed by atoms with Gasteiger partial charge in [0.25, 0.3) is 0 Å². The maximum Gasteiger partial charge on any atom is 0.153 e. The molecule has 0 fully saturated rings. The molecule has 0 bridgehead atoms. The fourth-order valence-corrected chi connectivity index (χ4v) is 1.61. The highest BCUT2D eigenvalue weighted by atomic mass is 16.3. The van der Waals surface area contributed by atoms with Crippen LogP contribution >= 0.6 is 0 Å². The summed E-state index contributed by atoms with van der Waals surface area (Å²) in [6, 6.07) is 7.92. The molecule has 13 heavy (non-hydrogen) atoms. The smallest absolute Gasteiger partial charge is 0.153 e. The van der Waals surface area contributed by atoms with Gasteiger partial charge in [-0.3, -0.25) is 0 Å². The molecular formula is C11H13NO. The summed E-state index contributed by atoms with van der Waals surface area (Å²) in [5, 5.41) is 9.90. The Morgan fingerprint density at radius 2 is 2.15 bits per heavy atom. The zero-order chi connectivity index (χ0) is 9.26. The number of aliphatic hydroxyl groups is 1. The molecule has 1 aromatic carbocycles. The second kappa shape index (κ2) is 3.23. The van der Waals surface area contributed by atoms with Gasteiger partial charge in [-0.2, -0.15) is 0 Å². The molecule has 0 radical (unpaired) electrons. The van der Waals surface area contributed by atoms with E-state index in [1.54, 1.807) is 0 Å². The summed E-state index contributed by atoms with van der Waals surface area (Å²) < 4.78 is 0. The van der Waals surface area contributed by atoms with Gasteiger partial charge in [-0.15, -0.1) is 0 Å². The van der Waals surface area contributed by atoms with E-state index in [2.05, 4.69) is 0 Å². The van der Waals surface area contributed by atoms with Crippen molar-refractivity contribution in [3.05, 3.63) is 41.6 Å². The van der Waals surface area contributed by atoms with Gasteiger partial charge >= 0.3 is 0 Å². The molecule has 2 nitrogen and oxygen atoms in total. The van der Waals surface area contributed by atoms with Crippen LogP contribution in [0.4, 0.5) is 0 Å². The molecule has 2 heteroatoms. The molecule has 0 amide bonds. The van der Waals surface area contributed by atoms with Gasteiger partial charge in [-0.05, 0) is 18.6 Å². The van der Waals surface area contributed by atoms with Gasteiger partial charge in [0.05, 0.1) is 0 Å². The van der Waals surface area contributed by atoms with Gasteiger partial charge in [-0.1, -0.05) is 24.3 Å². The van der Waals surface area contributed by atoms with Crippen molar-refractivity contribution in [2.75, 3.05) is 6.54 Å². The lowest BCUT2D eigenvalue weighted by molar-refractivity contribution is 0.0385. The van der Waals surface area contributed by atoms with Crippen LogP contribution in [0, 0.1) is 0 Å². The Morgan fingerprint density at radius 1 is 1.38 bits per heavy atom. The molecule has 1 aliphatic rings. The quantitative estimate of drug-likeness (QED) is 0.705. The van der Waals surface area contributed by atoms with Gasteiger partial charge < -0.3 is 10.0 Å². The summed E-state index contributed by atoms with van der Waals surface area (Å²) in [5.41, 5.74) is 2.10. The maximum atomic E-state index is 9.90. The molecule has 1 aliphatic heterocycles. The average Bonchev–Trinajstić information content (AvgIpc) is 2.19. The van der Waals surface area contributed by atoms with E-state index in [4.69, 9.17) is 0 Å². The van der Waals surface area contributed by atoms with E-state index in [9.17, 15) is 5.11 Å². The zero-order valence-electron chi connectivity index (χ0n) is 7.64. The molecule has 0 aliphatic carbocycles. The lowest BCUT2D eigenvalue weighted by Gasteiger charge is -2.29. The standard InChI is InChI=1S/C11H13NO/c1-2-12-8-7-9-5-3-4-6-10(9)11(12)13/h3-8,11,13H,2H2,1H3. The summed E-state index contributed by atoms with van der Waals surface area (Å²) in [7, 11) is 0. The van der Waals surface area contributed by atoms with Gasteiger partial charge in [0.15, 0.2) is 6.23 Å². The predicted octanol–water partition coefficient (Wildman–Crippen LogP) is 1.98. The van der Waals surface area contributed by atoms with Crippen LogP contribution in [0.3, 0.4) is 0 Å². The fraction of sp³-hybridized carbons (Fsp3) is 0.273. The molecule has 1 unspecified atom stereocenters. The van der Waals surface area contributed by atoms with Crippen LogP contribution in [0.5, 0.6) is 0 Å². The molecule has 0 spiro atoms. The lowest BCUT2D eigenvalue weighted by atomic mass is 10.0. The average molecular weight is 175 g/mol. The lowest BCUT2D eigenvalue weighted by Crippen LogP contribution is -2.25. The minimum atomic E-state index is -0.480. The fourth-order valence-electron chi connectivity index (χ4n) is 1.61. The minimum absolute atomic E-state index is 0.480. The molecular weight excluding hydrogens is 162 g/mol. The number of aliphatic hydroxyl groups excluding tert-OH is 1. The monoisotopic (exact) mass is 175 g/mol. The highest BCUT2D eigenvalue weighted by Crippen LogP contribution is 2.27. The highest BCUT2D eigenvalue weighted by Gasteiger charge is 2.18. The van der Waals surface area contributed by atoms with Gasteiger partial charge in [-0.25, -0.2) is 0 Å². The second-order valence-electron chi connectivity index (χ2n) is 3.15. The number of fused-ring (bicyclic) bond motifs is 1. The van der Waals surface area contributed by atoms with Crippen molar-refractivity contribution >= 4 is 6.08 Å². The summed E-state index contributed by atoms with van der Waals surface area (Å²) in [6.45, 7) is 2.85. The van der Waals surface area contributed by atoms with Crippen molar-refractivity contribution in [1.82, 2.24) is 4.90 Å². The maximum absolute atomic E-state index is 9.90. The summed E-state index contributed by atoms with van der Waals surface area (Å²) >= 11 is 0. The van der Waals surface area contributed by atoms with Crippen LogP contribution in [0.25, 0.3) is 6.08 Å². The van der Waals surface area contributed by atoms with Gasteiger partial charge in [0.2, 0.25) is 0 Å². The summed E-state index contributed by atoms with van der Waals surface area (Å²) in [4.78, 5) is 1.91. The Hall–Kier alpha value is -1.28. The second-order valence-corrected chi connectivity index (χ2v) is 3.15. The van der Waals surface area contributed by atoms with Crippen molar-refractivity contribution in [2.45, 2.75) is 13.2 Å². The van der Waals surface area contributed by atoms with E-state index < -0.39 is 6.23 Å².